The summed E-state index contributed by atoms with van der Waals surface area (Å²) < 4.78 is 82.3. The van der Waals surface area contributed by atoms with Gasteiger partial charge in [-0.15, -0.1) is 0 Å². The van der Waals surface area contributed by atoms with Gasteiger partial charge in [-0.3, -0.25) is 0 Å². The molecule has 0 aliphatic carbocycles. The maximum atomic E-state index is 12.5. The fraction of sp³-hybridized carbons (Fsp3) is 0.219. The molecule has 4 aromatic carbocycles. The van der Waals surface area contributed by atoms with Gasteiger partial charge in [-0.25, -0.2) is 4.79 Å². The summed E-state index contributed by atoms with van der Waals surface area (Å²) in [5.41, 5.74) is 3.57. The highest BCUT2D eigenvalue weighted by Crippen LogP contribution is 2.51. The molecule has 0 aromatic heterocycles. The zero-order chi connectivity index (χ0) is 32.9. The predicted molar refractivity (Wildman–Crippen MR) is 168 cm³/mol. The number of hydrogen-bond acceptors (Lipinski definition) is 11. The second-order valence-corrected chi connectivity index (χ2v) is 13.1. The van der Waals surface area contributed by atoms with E-state index in [4.69, 9.17) is 27.3 Å². The molecule has 4 rings (SSSR count). The molecule has 0 saturated carbocycles. The molecule has 0 radical (unpaired) electrons. The zero-order valence-electron chi connectivity index (χ0n) is 25.4. The van der Waals surface area contributed by atoms with E-state index >= 15 is 0 Å². The van der Waals surface area contributed by atoms with Gasteiger partial charge in [-0.05, 0) is 53.9 Å². The van der Waals surface area contributed by atoms with Crippen LogP contribution in [0, 0.1) is 6.92 Å². The minimum atomic E-state index is -4.12. The van der Waals surface area contributed by atoms with Gasteiger partial charge in [0, 0.05) is 5.56 Å². The number of esters is 1. The van der Waals surface area contributed by atoms with E-state index in [-0.39, 0.29) is 46.5 Å². The quantitative estimate of drug-likeness (QED) is 0.143. The Morgan fingerprint density at radius 1 is 0.667 bits per heavy atom. The Bertz CT molecular complexity index is 1920. The maximum absolute atomic E-state index is 12.5. The van der Waals surface area contributed by atoms with E-state index in [0.717, 1.165) is 23.6 Å². The highest BCUT2D eigenvalue weighted by atomic mass is 32.2. The number of benzene rings is 4. The number of hydrogen-bond donors (Lipinski definition) is 0. The minimum Gasteiger partial charge on any atom is -0.496 e. The summed E-state index contributed by atoms with van der Waals surface area (Å²) in [6.45, 7) is 2.09. The molecule has 0 aliphatic rings. The summed E-state index contributed by atoms with van der Waals surface area (Å²) in [6.07, 6.45) is 1.77. The molecular weight excluding hydrogens is 624 g/mol. The Hall–Kier alpha value is -4.75. The Morgan fingerprint density at radius 2 is 1.29 bits per heavy atom. The van der Waals surface area contributed by atoms with Gasteiger partial charge in [0.05, 0.1) is 45.0 Å². The predicted octanol–water partition coefficient (Wildman–Crippen LogP) is 5.39. The molecule has 0 amide bonds. The number of rotatable bonds is 12. The molecule has 4 aromatic rings. The summed E-state index contributed by atoms with van der Waals surface area (Å²) >= 11 is 0. The van der Waals surface area contributed by atoms with E-state index in [0.29, 0.717) is 16.7 Å². The first-order valence-electron chi connectivity index (χ1n) is 13.3. The second kappa shape index (κ2) is 13.5. The maximum Gasteiger partial charge on any atom is 0.337 e. The molecule has 0 heterocycles. The van der Waals surface area contributed by atoms with Crippen LogP contribution in [0.1, 0.15) is 21.5 Å². The lowest BCUT2D eigenvalue weighted by Gasteiger charge is -2.21. The molecule has 0 saturated heterocycles. The third kappa shape index (κ3) is 8.25. The standard InChI is InChI=1S/C32H32O11S2/c1-20-7-9-21(10-8-20)19-41-26-16-15-24(17-27(26)42-44(5,34)35)29-28(38-2)18-25(30(39-3)31(29)43-45(6,36)37)22-11-13-23(14-12-22)32(33)40-4/h7-18H,19H2,1-6H3. The SMILES string of the molecule is COC(=O)c1ccc(-c2cc(OC)c(-c3ccc(OCc4ccc(C)cc4)c(OS(C)(=O)=O)c3)c(OS(C)(=O)=O)c2OC)cc1. The second-order valence-electron chi connectivity index (χ2n) is 9.94. The van der Waals surface area contributed by atoms with Gasteiger partial charge >= 0.3 is 26.2 Å². The number of carbonyl (C=O) groups excluding carboxylic acids is 1. The van der Waals surface area contributed by atoms with Crippen molar-refractivity contribution in [2.24, 2.45) is 0 Å². The lowest BCUT2D eigenvalue weighted by atomic mass is 9.95. The number of carbonyl (C=O) groups is 1. The lowest BCUT2D eigenvalue weighted by molar-refractivity contribution is 0.0600. The van der Waals surface area contributed by atoms with Crippen molar-refractivity contribution in [3.63, 3.8) is 0 Å². The Kier molecular flexibility index (Phi) is 9.94. The molecule has 45 heavy (non-hydrogen) atoms. The van der Waals surface area contributed by atoms with Gasteiger partial charge in [0.1, 0.15) is 12.4 Å². The fourth-order valence-electron chi connectivity index (χ4n) is 4.46. The van der Waals surface area contributed by atoms with Crippen LogP contribution in [-0.4, -0.2) is 56.6 Å². The fourth-order valence-corrected chi connectivity index (χ4v) is 5.38. The Labute approximate surface area is 262 Å². The zero-order valence-corrected chi connectivity index (χ0v) is 27.1. The van der Waals surface area contributed by atoms with Crippen molar-refractivity contribution in [1.82, 2.24) is 0 Å². The number of aryl methyl sites for hydroxylation is 1. The smallest absolute Gasteiger partial charge is 0.337 e. The van der Waals surface area contributed by atoms with E-state index in [1.54, 1.807) is 36.4 Å². The third-order valence-corrected chi connectivity index (χ3v) is 7.42. The molecule has 13 heteroatoms. The molecule has 0 atom stereocenters. The molecule has 238 valence electrons. The van der Waals surface area contributed by atoms with E-state index in [9.17, 15) is 21.6 Å². The summed E-state index contributed by atoms with van der Waals surface area (Å²) in [5.74, 6) is -0.557. The monoisotopic (exact) mass is 656 g/mol. The van der Waals surface area contributed by atoms with E-state index < -0.39 is 26.2 Å². The number of ether oxygens (including phenoxy) is 4. The van der Waals surface area contributed by atoms with Crippen LogP contribution in [0.25, 0.3) is 22.3 Å². The first-order valence-corrected chi connectivity index (χ1v) is 17.0. The van der Waals surface area contributed by atoms with Crippen molar-refractivity contribution < 1.29 is 48.9 Å². The number of methoxy groups -OCH3 is 3. The molecule has 0 aliphatic heterocycles. The van der Waals surface area contributed by atoms with Crippen LogP contribution in [0.4, 0.5) is 0 Å². The highest BCUT2D eigenvalue weighted by Gasteiger charge is 2.27. The Balaban J connectivity index is 1.91. The van der Waals surface area contributed by atoms with Crippen LogP contribution in [0.2, 0.25) is 0 Å². The first kappa shape index (κ1) is 33.1. The third-order valence-electron chi connectivity index (χ3n) is 6.46. The molecule has 0 N–H and O–H groups in total. The van der Waals surface area contributed by atoms with E-state index in [2.05, 4.69) is 0 Å². The van der Waals surface area contributed by atoms with Crippen LogP contribution >= 0.6 is 0 Å². The van der Waals surface area contributed by atoms with Crippen LogP contribution in [0.5, 0.6) is 28.7 Å². The van der Waals surface area contributed by atoms with Crippen molar-refractivity contribution in [3.8, 4) is 51.0 Å². The van der Waals surface area contributed by atoms with Gasteiger partial charge in [0.2, 0.25) is 0 Å². The molecule has 0 fully saturated rings. The molecular formula is C32H32O11S2. The summed E-state index contributed by atoms with van der Waals surface area (Å²) in [7, 11) is -4.14. The molecule has 0 spiro atoms. The van der Waals surface area contributed by atoms with Crippen LogP contribution in [-0.2, 0) is 31.6 Å². The van der Waals surface area contributed by atoms with Crippen molar-refractivity contribution in [1.29, 1.82) is 0 Å². The van der Waals surface area contributed by atoms with Crippen LogP contribution in [0.15, 0.2) is 72.8 Å². The molecule has 11 nitrogen and oxygen atoms in total. The van der Waals surface area contributed by atoms with Crippen molar-refractivity contribution in [3.05, 3.63) is 89.5 Å². The van der Waals surface area contributed by atoms with Gasteiger partial charge in [0.15, 0.2) is 23.0 Å². The summed E-state index contributed by atoms with van der Waals surface area (Å²) in [4.78, 5) is 12.0. The van der Waals surface area contributed by atoms with Gasteiger partial charge in [-0.1, -0.05) is 48.0 Å². The largest absolute Gasteiger partial charge is 0.496 e. The van der Waals surface area contributed by atoms with Crippen LogP contribution in [0.3, 0.4) is 0 Å². The summed E-state index contributed by atoms with van der Waals surface area (Å²) in [5, 5.41) is 0. The summed E-state index contributed by atoms with van der Waals surface area (Å²) in [6, 6.07) is 20.0. The Morgan fingerprint density at radius 3 is 1.84 bits per heavy atom. The highest BCUT2D eigenvalue weighted by molar-refractivity contribution is 7.86. The minimum absolute atomic E-state index is 0.0346. The molecule has 0 unspecified atom stereocenters. The van der Waals surface area contributed by atoms with Crippen molar-refractivity contribution in [2.75, 3.05) is 33.8 Å². The van der Waals surface area contributed by atoms with E-state index in [1.807, 2.05) is 31.2 Å². The van der Waals surface area contributed by atoms with Gasteiger partial charge in [-0.2, -0.15) is 16.8 Å². The van der Waals surface area contributed by atoms with Gasteiger partial charge in [0.25, 0.3) is 0 Å². The topological polar surface area (TPSA) is 141 Å². The average Bonchev–Trinajstić information content (AvgIpc) is 2.98. The molecule has 0 bridgehead atoms. The van der Waals surface area contributed by atoms with Crippen LogP contribution < -0.4 is 22.6 Å². The lowest BCUT2D eigenvalue weighted by Crippen LogP contribution is -2.10. The van der Waals surface area contributed by atoms with E-state index in [1.165, 1.54) is 33.5 Å². The van der Waals surface area contributed by atoms with Crippen molar-refractivity contribution in [2.45, 2.75) is 13.5 Å². The first-order chi connectivity index (χ1) is 21.2. The average molecular weight is 657 g/mol. The normalized spacial score (nSPS) is 11.4. The van der Waals surface area contributed by atoms with Gasteiger partial charge < -0.3 is 27.3 Å². The van der Waals surface area contributed by atoms with Crippen molar-refractivity contribution >= 4 is 26.2 Å².